The van der Waals surface area contributed by atoms with E-state index in [1.807, 2.05) is 11.8 Å². The van der Waals surface area contributed by atoms with Crippen molar-refractivity contribution in [3.05, 3.63) is 24.0 Å². The van der Waals surface area contributed by atoms with E-state index < -0.39 is 5.97 Å². The lowest BCUT2D eigenvalue weighted by atomic mass is 10.1. The first-order valence-corrected chi connectivity index (χ1v) is 7.34. The minimum atomic E-state index is -0.863. The molecule has 1 saturated carbocycles. The van der Waals surface area contributed by atoms with Crippen LogP contribution in [0, 0.1) is 0 Å². The molecule has 0 unspecified atom stereocenters. The molecule has 6 heteroatoms. The molecule has 2 N–H and O–H groups in total. The quantitative estimate of drug-likeness (QED) is 0.833. The zero-order valence-corrected chi connectivity index (χ0v) is 12.2. The van der Waals surface area contributed by atoms with E-state index in [2.05, 4.69) is 10.3 Å². The lowest BCUT2D eigenvalue weighted by molar-refractivity contribution is -0.135. The lowest BCUT2D eigenvalue weighted by Crippen LogP contribution is -2.38. The van der Waals surface area contributed by atoms with Crippen LogP contribution < -0.4 is 10.2 Å². The lowest BCUT2D eigenvalue weighted by Gasteiger charge is -2.29. The second-order valence-corrected chi connectivity index (χ2v) is 5.22. The molecule has 0 aromatic carbocycles. The van der Waals surface area contributed by atoms with E-state index >= 15 is 0 Å². The summed E-state index contributed by atoms with van der Waals surface area (Å²) in [6, 6.07) is 3.67. The summed E-state index contributed by atoms with van der Waals surface area (Å²) in [5.41, 5.74) is 1.07. The van der Waals surface area contributed by atoms with Crippen molar-refractivity contribution in [3.8, 4) is 0 Å². The molecule has 1 fully saturated rings. The first kappa shape index (κ1) is 15.3. The Hall–Kier alpha value is -2.11. The van der Waals surface area contributed by atoms with E-state index in [0.29, 0.717) is 12.2 Å². The van der Waals surface area contributed by atoms with Crippen molar-refractivity contribution in [1.29, 1.82) is 0 Å². The topological polar surface area (TPSA) is 82.5 Å². The number of anilines is 1. The van der Waals surface area contributed by atoms with Crippen molar-refractivity contribution in [2.45, 2.75) is 38.6 Å². The molecule has 1 aromatic heterocycles. The van der Waals surface area contributed by atoms with Gasteiger partial charge < -0.3 is 15.3 Å². The van der Waals surface area contributed by atoms with E-state index in [-0.39, 0.29) is 18.5 Å². The maximum Gasteiger partial charge on any atom is 0.323 e. The summed E-state index contributed by atoms with van der Waals surface area (Å²) in [6.07, 6.45) is 5.78. The van der Waals surface area contributed by atoms with Gasteiger partial charge in [-0.05, 0) is 31.9 Å². The first-order chi connectivity index (χ1) is 10.1. The van der Waals surface area contributed by atoms with Gasteiger partial charge in [0, 0.05) is 24.5 Å². The number of nitrogens with one attached hydrogen (secondary N) is 1. The number of rotatable bonds is 6. The van der Waals surface area contributed by atoms with Crippen LogP contribution in [0.15, 0.2) is 18.3 Å². The van der Waals surface area contributed by atoms with Gasteiger partial charge in [-0.15, -0.1) is 0 Å². The summed E-state index contributed by atoms with van der Waals surface area (Å²) >= 11 is 0. The number of carboxylic acids is 1. The molecule has 0 bridgehead atoms. The van der Waals surface area contributed by atoms with Crippen LogP contribution in [0.2, 0.25) is 0 Å². The van der Waals surface area contributed by atoms with Crippen LogP contribution in [0.3, 0.4) is 0 Å². The fraction of sp³-hybridized carbons (Fsp3) is 0.533. The van der Waals surface area contributed by atoms with Crippen LogP contribution in [0.1, 0.15) is 43.1 Å². The molecule has 114 valence electrons. The smallest absolute Gasteiger partial charge is 0.323 e. The fourth-order valence-corrected chi connectivity index (χ4v) is 2.77. The van der Waals surface area contributed by atoms with Gasteiger partial charge in [0.2, 0.25) is 0 Å². The number of pyridine rings is 1. The Balaban J connectivity index is 2.24. The molecule has 0 spiro atoms. The predicted molar refractivity (Wildman–Crippen MR) is 79.5 cm³/mol. The van der Waals surface area contributed by atoms with Crippen molar-refractivity contribution in [2.24, 2.45) is 0 Å². The number of aromatic nitrogens is 1. The highest BCUT2D eigenvalue weighted by molar-refractivity contribution is 5.93. The highest BCUT2D eigenvalue weighted by Gasteiger charge is 2.25. The van der Waals surface area contributed by atoms with Crippen molar-refractivity contribution in [2.75, 3.05) is 18.0 Å². The molecule has 1 heterocycles. The van der Waals surface area contributed by atoms with E-state index in [9.17, 15) is 9.59 Å². The largest absolute Gasteiger partial charge is 0.480 e. The Labute approximate surface area is 124 Å². The van der Waals surface area contributed by atoms with Gasteiger partial charge in [0.15, 0.2) is 0 Å². The summed E-state index contributed by atoms with van der Waals surface area (Å²) in [5.74, 6) is -1.10. The third kappa shape index (κ3) is 3.93. The molecule has 6 nitrogen and oxygen atoms in total. The number of carboxylic acid groups (broad SMARTS) is 1. The van der Waals surface area contributed by atoms with Crippen LogP contribution >= 0.6 is 0 Å². The summed E-state index contributed by atoms with van der Waals surface area (Å²) in [7, 11) is 0. The van der Waals surface area contributed by atoms with Crippen LogP contribution in [-0.2, 0) is 4.79 Å². The van der Waals surface area contributed by atoms with Gasteiger partial charge in [-0.1, -0.05) is 12.8 Å². The molecular weight excluding hydrogens is 270 g/mol. The number of hydrogen-bond donors (Lipinski definition) is 2. The summed E-state index contributed by atoms with van der Waals surface area (Å²) < 4.78 is 0. The number of hydrogen-bond acceptors (Lipinski definition) is 4. The summed E-state index contributed by atoms with van der Waals surface area (Å²) in [6.45, 7) is 2.33. The minimum absolute atomic E-state index is 0.0521. The summed E-state index contributed by atoms with van der Waals surface area (Å²) in [5, 5.41) is 11.8. The van der Waals surface area contributed by atoms with E-state index in [4.69, 9.17) is 5.11 Å². The zero-order chi connectivity index (χ0) is 15.2. The normalized spacial score (nSPS) is 14.9. The average molecular weight is 291 g/mol. The molecule has 21 heavy (non-hydrogen) atoms. The first-order valence-electron chi connectivity index (χ1n) is 7.34. The van der Waals surface area contributed by atoms with Crippen LogP contribution in [0.4, 0.5) is 5.69 Å². The molecule has 0 atom stereocenters. The van der Waals surface area contributed by atoms with Gasteiger partial charge in [0.05, 0.1) is 0 Å². The van der Waals surface area contributed by atoms with E-state index in [0.717, 1.165) is 31.4 Å². The van der Waals surface area contributed by atoms with Crippen molar-refractivity contribution >= 4 is 17.6 Å². The van der Waals surface area contributed by atoms with Gasteiger partial charge in [-0.3, -0.25) is 14.6 Å². The summed E-state index contributed by atoms with van der Waals surface area (Å²) in [4.78, 5) is 28.9. The maximum atomic E-state index is 11.9. The van der Waals surface area contributed by atoms with Gasteiger partial charge in [-0.2, -0.15) is 0 Å². The third-order valence-electron chi connectivity index (χ3n) is 3.72. The van der Waals surface area contributed by atoms with Crippen LogP contribution in [-0.4, -0.2) is 41.1 Å². The van der Waals surface area contributed by atoms with E-state index in [1.165, 1.54) is 0 Å². The molecule has 0 radical (unpaired) electrons. The van der Waals surface area contributed by atoms with Gasteiger partial charge >= 0.3 is 5.97 Å². The molecule has 1 aromatic rings. The van der Waals surface area contributed by atoms with Gasteiger partial charge in [0.1, 0.15) is 12.2 Å². The van der Waals surface area contributed by atoms with Crippen LogP contribution in [0.5, 0.6) is 0 Å². The van der Waals surface area contributed by atoms with Gasteiger partial charge in [-0.25, -0.2) is 0 Å². The van der Waals surface area contributed by atoms with Crippen molar-refractivity contribution < 1.29 is 14.7 Å². The highest BCUT2D eigenvalue weighted by atomic mass is 16.4. The monoisotopic (exact) mass is 291 g/mol. The fourth-order valence-electron chi connectivity index (χ4n) is 2.77. The highest BCUT2D eigenvalue weighted by Crippen LogP contribution is 2.28. The predicted octanol–water partition coefficient (Wildman–Crippen LogP) is 1.66. The Bertz CT molecular complexity index is 513. The maximum absolute atomic E-state index is 11.9. The zero-order valence-electron chi connectivity index (χ0n) is 12.2. The van der Waals surface area contributed by atoms with E-state index in [1.54, 1.807) is 18.3 Å². The molecule has 1 aliphatic carbocycles. The Morgan fingerprint density at radius 2 is 2.14 bits per heavy atom. The second kappa shape index (κ2) is 7.06. The Morgan fingerprint density at radius 3 is 2.76 bits per heavy atom. The third-order valence-corrected chi connectivity index (χ3v) is 3.72. The number of carbonyl (C=O) groups is 2. The number of aliphatic carboxylic acids is 1. The SMILES string of the molecule is CCNC(=O)c1cc(N(CC(=O)O)C2CCCC2)ccn1. The molecule has 1 amide bonds. The molecule has 2 rings (SSSR count). The van der Waals surface area contributed by atoms with Gasteiger partial charge in [0.25, 0.3) is 5.91 Å². The average Bonchev–Trinajstić information content (AvgIpc) is 2.99. The molecule has 0 aliphatic heterocycles. The van der Waals surface area contributed by atoms with Crippen molar-refractivity contribution in [3.63, 3.8) is 0 Å². The minimum Gasteiger partial charge on any atom is -0.480 e. The number of nitrogens with zero attached hydrogens (tertiary/aromatic N) is 2. The molecule has 1 aliphatic rings. The molecule has 0 saturated heterocycles. The molecular formula is C15H21N3O3. The number of carbonyl (C=O) groups excluding carboxylic acids is 1. The standard InChI is InChI=1S/C15H21N3O3/c1-2-16-15(21)13-9-12(7-8-17-13)18(10-14(19)20)11-5-3-4-6-11/h7-9,11H,2-6,10H2,1H3,(H,16,21)(H,19,20). The van der Waals surface area contributed by atoms with Crippen LogP contribution in [0.25, 0.3) is 0 Å². The second-order valence-electron chi connectivity index (χ2n) is 5.22. The number of amides is 1. The Kier molecular flexibility index (Phi) is 5.14. The Morgan fingerprint density at radius 1 is 1.43 bits per heavy atom. The van der Waals surface area contributed by atoms with Crippen molar-refractivity contribution in [1.82, 2.24) is 10.3 Å².